The van der Waals surface area contributed by atoms with Gasteiger partial charge in [0.1, 0.15) is 11.6 Å². The van der Waals surface area contributed by atoms with E-state index in [1.54, 1.807) is 47.6 Å². The highest BCUT2D eigenvalue weighted by Crippen LogP contribution is 2.32. The van der Waals surface area contributed by atoms with Crippen LogP contribution in [0, 0.1) is 11.6 Å². The molecule has 0 amide bonds. The van der Waals surface area contributed by atoms with Crippen LogP contribution in [0.3, 0.4) is 0 Å². The molecule has 40 heavy (non-hydrogen) atoms. The molecular weight excluding hydrogens is 538 g/mol. The van der Waals surface area contributed by atoms with Crippen LogP contribution in [0.15, 0.2) is 82.6 Å². The van der Waals surface area contributed by atoms with Crippen LogP contribution < -0.4 is 10.4 Å². The van der Waals surface area contributed by atoms with Crippen molar-refractivity contribution < 1.29 is 17.2 Å². The number of halogens is 2. The Hall–Kier alpha value is -4.55. The Kier molecular flexibility index (Phi) is 5.97. The summed E-state index contributed by atoms with van der Waals surface area (Å²) in [7, 11) is 0.931. The van der Waals surface area contributed by atoms with Crippen molar-refractivity contribution in [2.75, 3.05) is 7.05 Å². The topological polar surface area (TPSA) is 95.8 Å². The molecule has 1 N–H and O–H groups in total. The number of fused-ring (bicyclic) bond motifs is 2. The van der Waals surface area contributed by atoms with Crippen molar-refractivity contribution in [3.63, 3.8) is 0 Å². The molecule has 0 unspecified atom stereocenters. The second-order valence-corrected chi connectivity index (χ2v) is 11.3. The number of nitrogens with one attached hydrogen (secondary N) is 1. The second kappa shape index (κ2) is 9.28. The number of imidazole rings is 2. The summed E-state index contributed by atoms with van der Waals surface area (Å²) in [4.78, 5) is 17.4. The van der Waals surface area contributed by atoms with Gasteiger partial charge in [0, 0.05) is 31.5 Å². The minimum absolute atomic E-state index is 0.0483. The number of sulfonamides is 1. The smallest absolute Gasteiger partial charge is 0.328 e. The van der Waals surface area contributed by atoms with Gasteiger partial charge >= 0.3 is 5.69 Å². The summed E-state index contributed by atoms with van der Waals surface area (Å²) in [6, 6.07) is 17.3. The monoisotopic (exact) mass is 562 g/mol. The maximum absolute atomic E-state index is 14.5. The van der Waals surface area contributed by atoms with Gasteiger partial charge in [-0.2, -0.15) is 0 Å². The third-order valence-electron chi connectivity index (χ3n) is 7.17. The molecule has 0 saturated carbocycles. The van der Waals surface area contributed by atoms with Crippen molar-refractivity contribution in [3.8, 4) is 17.2 Å². The van der Waals surface area contributed by atoms with E-state index in [2.05, 4.69) is 4.72 Å². The third kappa shape index (κ3) is 3.95. The molecule has 204 valence electrons. The fourth-order valence-corrected chi connectivity index (χ4v) is 5.77. The van der Waals surface area contributed by atoms with Crippen LogP contribution in [-0.4, -0.2) is 38.7 Å². The molecule has 3 heterocycles. The maximum Gasteiger partial charge on any atom is 0.328 e. The van der Waals surface area contributed by atoms with Gasteiger partial charge in [0.15, 0.2) is 5.82 Å². The first-order valence-corrected chi connectivity index (χ1v) is 13.8. The molecule has 0 fully saturated rings. The normalized spacial score (nSPS) is 12.1. The summed E-state index contributed by atoms with van der Waals surface area (Å²) < 4.78 is 63.2. The van der Waals surface area contributed by atoms with Crippen molar-refractivity contribution in [3.05, 3.63) is 101 Å². The molecule has 12 heteroatoms. The van der Waals surface area contributed by atoms with Gasteiger partial charge in [-0.25, -0.2) is 31.7 Å². The van der Waals surface area contributed by atoms with Gasteiger partial charge in [-0.1, -0.05) is 6.07 Å². The Balaban J connectivity index is 1.63. The molecule has 3 aromatic carbocycles. The minimum Gasteiger partial charge on any atom is -0.340 e. The van der Waals surface area contributed by atoms with Crippen LogP contribution in [0.25, 0.3) is 39.3 Å². The highest BCUT2D eigenvalue weighted by Gasteiger charge is 2.22. The molecule has 0 aliphatic heterocycles. The Morgan fingerprint density at radius 1 is 0.875 bits per heavy atom. The number of benzene rings is 3. The van der Waals surface area contributed by atoms with E-state index in [9.17, 15) is 22.0 Å². The van der Waals surface area contributed by atoms with Crippen molar-refractivity contribution >= 4 is 32.1 Å². The lowest BCUT2D eigenvalue weighted by atomic mass is 10.2. The highest BCUT2D eigenvalue weighted by molar-refractivity contribution is 7.89. The third-order valence-corrected chi connectivity index (χ3v) is 8.58. The van der Waals surface area contributed by atoms with Gasteiger partial charge < -0.3 is 4.57 Å². The highest BCUT2D eigenvalue weighted by atomic mass is 32.2. The van der Waals surface area contributed by atoms with Gasteiger partial charge in [-0.15, -0.1) is 0 Å². The SMILES string of the molecule is CNS(=O)(=O)c1ccc2nc(-c3cccn3Cc3c(F)cccc3F)n(-c3ccc4c(c3)n(C)c(=O)n4C)c2c1. The first-order valence-electron chi connectivity index (χ1n) is 12.3. The number of rotatable bonds is 6. The molecule has 0 spiro atoms. The number of hydrogen-bond acceptors (Lipinski definition) is 4. The average molecular weight is 563 g/mol. The van der Waals surface area contributed by atoms with E-state index in [1.807, 2.05) is 18.2 Å². The first-order chi connectivity index (χ1) is 19.1. The number of hydrogen-bond donors (Lipinski definition) is 1. The summed E-state index contributed by atoms with van der Waals surface area (Å²) in [6.45, 7) is -0.0876. The zero-order chi connectivity index (χ0) is 28.3. The number of aryl methyl sites for hydroxylation is 2. The summed E-state index contributed by atoms with van der Waals surface area (Å²) >= 11 is 0. The first kappa shape index (κ1) is 25.7. The van der Waals surface area contributed by atoms with Gasteiger partial charge in [0.05, 0.1) is 39.2 Å². The van der Waals surface area contributed by atoms with E-state index in [0.717, 1.165) is 5.52 Å². The summed E-state index contributed by atoms with van der Waals surface area (Å²) in [5, 5.41) is 0. The Bertz CT molecular complexity index is 2100. The largest absolute Gasteiger partial charge is 0.340 e. The van der Waals surface area contributed by atoms with E-state index in [1.165, 1.54) is 46.5 Å². The van der Waals surface area contributed by atoms with Crippen LogP contribution in [0.1, 0.15) is 5.56 Å². The van der Waals surface area contributed by atoms with Gasteiger partial charge in [-0.05, 0) is 67.7 Å². The zero-order valence-electron chi connectivity index (χ0n) is 21.8. The lowest BCUT2D eigenvalue weighted by Gasteiger charge is -2.14. The van der Waals surface area contributed by atoms with Crippen molar-refractivity contribution in [2.24, 2.45) is 14.1 Å². The van der Waals surface area contributed by atoms with Crippen molar-refractivity contribution in [2.45, 2.75) is 11.4 Å². The van der Waals surface area contributed by atoms with Gasteiger partial charge in [0.2, 0.25) is 10.0 Å². The van der Waals surface area contributed by atoms with Crippen molar-refractivity contribution in [1.29, 1.82) is 0 Å². The van der Waals surface area contributed by atoms with E-state index in [-0.39, 0.29) is 22.7 Å². The number of nitrogens with zero attached hydrogens (tertiary/aromatic N) is 5. The van der Waals surface area contributed by atoms with E-state index < -0.39 is 21.7 Å². The average Bonchev–Trinajstić information content (AvgIpc) is 3.62. The molecule has 0 radical (unpaired) electrons. The molecule has 0 saturated heterocycles. The van der Waals surface area contributed by atoms with Crippen LogP contribution in [0.5, 0.6) is 0 Å². The van der Waals surface area contributed by atoms with Crippen LogP contribution in [0.2, 0.25) is 0 Å². The zero-order valence-corrected chi connectivity index (χ0v) is 22.6. The van der Waals surface area contributed by atoms with Crippen LogP contribution in [0.4, 0.5) is 8.78 Å². The fourth-order valence-electron chi connectivity index (χ4n) is 5.02. The molecule has 0 bridgehead atoms. The predicted octanol–water partition coefficient (Wildman–Crippen LogP) is 3.92. The quantitative estimate of drug-likeness (QED) is 0.333. The molecule has 9 nitrogen and oxygen atoms in total. The van der Waals surface area contributed by atoms with Crippen molar-refractivity contribution in [1.82, 2.24) is 28.0 Å². The summed E-state index contributed by atoms with van der Waals surface area (Å²) in [5.41, 5.74) is 3.29. The van der Waals surface area contributed by atoms with Crippen LogP contribution in [-0.2, 0) is 30.7 Å². The Morgan fingerprint density at radius 3 is 2.33 bits per heavy atom. The Labute approximate surface area is 227 Å². The summed E-state index contributed by atoms with van der Waals surface area (Å²) in [6.07, 6.45) is 1.70. The van der Waals surface area contributed by atoms with E-state index in [4.69, 9.17) is 4.98 Å². The standard InChI is InChI=1S/C28H24F2N6O3S/c1-31-40(38,39)18-10-11-22-25(15-18)36(17-9-12-23-26(14-17)34(3)28(37)33(23)2)27(32-22)24-8-5-13-35(24)16-19-20(29)6-4-7-21(19)30/h4-15,31H,16H2,1-3H3. The van der Waals surface area contributed by atoms with Crippen LogP contribution >= 0.6 is 0 Å². The predicted molar refractivity (Wildman–Crippen MR) is 148 cm³/mol. The van der Waals surface area contributed by atoms with E-state index in [0.29, 0.717) is 33.8 Å². The van der Waals surface area contributed by atoms with Gasteiger partial charge in [0.25, 0.3) is 0 Å². The maximum atomic E-state index is 14.5. The molecule has 3 aromatic heterocycles. The second-order valence-electron chi connectivity index (χ2n) is 9.42. The fraction of sp³-hybridized carbons (Fsp3) is 0.143. The number of aromatic nitrogens is 5. The Morgan fingerprint density at radius 2 is 1.60 bits per heavy atom. The molecule has 0 aliphatic rings. The summed E-state index contributed by atoms with van der Waals surface area (Å²) in [5.74, 6) is -0.896. The van der Waals surface area contributed by atoms with E-state index >= 15 is 0 Å². The molecule has 6 rings (SSSR count). The molecular formula is C28H24F2N6O3S. The minimum atomic E-state index is -3.76. The van der Waals surface area contributed by atoms with Gasteiger partial charge in [-0.3, -0.25) is 13.7 Å². The molecule has 0 atom stereocenters. The lowest BCUT2D eigenvalue weighted by Crippen LogP contribution is -2.19. The lowest BCUT2D eigenvalue weighted by molar-refractivity contribution is 0.545. The molecule has 6 aromatic rings. The molecule has 0 aliphatic carbocycles.